The highest BCUT2D eigenvalue weighted by atomic mass is 15.2. The van der Waals surface area contributed by atoms with Gasteiger partial charge in [0.2, 0.25) is 0 Å². The highest BCUT2D eigenvalue weighted by Crippen LogP contribution is 2.34. The van der Waals surface area contributed by atoms with Crippen LogP contribution in [0.25, 0.3) is 0 Å². The number of hydrogen-bond acceptors (Lipinski definition) is 2. The van der Waals surface area contributed by atoms with E-state index in [-0.39, 0.29) is 6.04 Å². The Morgan fingerprint density at radius 3 is 2.68 bits per heavy atom. The highest BCUT2D eigenvalue weighted by Gasteiger charge is 2.30. The molecule has 106 valence electrons. The average Bonchev–Trinajstić information content (AvgIpc) is 2.69. The second kappa shape index (κ2) is 5.54. The fraction of sp³-hybridized carbons (Fsp3) is 0.647. The van der Waals surface area contributed by atoms with E-state index in [2.05, 4.69) is 50.8 Å². The standard InChI is InChI=1S/C17H28N2/c1-5-15(18)11-14-10-13(2)6-7-16(14)19-9-8-17(3,4)12-19/h6-7,10,15H,5,8-9,11-12,18H2,1-4H3. The first kappa shape index (κ1) is 14.4. The molecule has 1 heterocycles. The summed E-state index contributed by atoms with van der Waals surface area (Å²) in [6, 6.07) is 7.10. The third-order valence-corrected chi connectivity index (χ3v) is 4.26. The van der Waals surface area contributed by atoms with Crippen LogP contribution in [-0.2, 0) is 6.42 Å². The summed E-state index contributed by atoms with van der Waals surface area (Å²) in [6.07, 6.45) is 3.31. The Labute approximate surface area is 118 Å². The van der Waals surface area contributed by atoms with Gasteiger partial charge in [0, 0.05) is 24.8 Å². The smallest absolute Gasteiger partial charge is 0.0399 e. The summed E-state index contributed by atoms with van der Waals surface area (Å²) in [4.78, 5) is 2.54. The zero-order valence-electron chi connectivity index (χ0n) is 12.9. The van der Waals surface area contributed by atoms with E-state index >= 15 is 0 Å². The quantitative estimate of drug-likeness (QED) is 0.897. The average molecular weight is 260 g/mol. The molecule has 1 atom stereocenters. The van der Waals surface area contributed by atoms with Gasteiger partial charge in [-0.1, -0.05) is 38.5 Å². The summed E-state index contributed by atoms with van der Waals surface area (Å²) in [5, 5.41) is 0. The summed E-state index contributed by atoms with van der Waals surface area (Å²) in [6.45, 7) is 11.4. The van der Waals surface area contributed by atoms with Gasteiger partial charge in [0.1, 0.15) is 0 Å². The molecule has 1 aromatic carbocycles. The maximum Gasteiger partial charge on any atom is 0.0399 e. The number of anilines is 1. The summed E-state index contributed by atoms with van der Waals surface area (Å²) in [7, 11) is 0. The Balaban J connectivity index is 2.24. The largest absolute Gasteiger partial charge is 0.371 e. The van der Waals surface area contributed by atoms with E-state index in [0.29, 0.717) is 5.41 Å². The number of aryl methyl sites for hydroxylation is 1. The molecule has 1 aliphatic rings. The molecular weight excluding hydrogens is 232 g/mol. The van der Waals surface area contributed by atoms with Crippen molar-refractivity contribution in [3.8, 4) is 0 Å². The molecule has 1 saturated heterocycles. The number of nitrogens with two attached hydrogens (primary N) is 1. The van der Waals surface area contributed by atoms with E-state index in [9.17, 15) is 0 Å². The fourth-order valence-corrected chi connectivity index (χ4v) is 2.93. The molecular formula is C17H28N2. The Kier molecular flexibility index (Phi) is 4.19. The molecule has 1 fully saturated rings. The van der Waals surface area contributed by atoms with Gasteiger partial charge in [0.05, 0.1) is 0 Å². The van der Waals surface area contributed by atoms with E-state index in [1.54, 1.807) is 0 Å². The van der Waals surface area contributed by atoms with Gasteiger partial charge in [-0.3, -0.25) is 0 Å². The van der Waals surface area contributed by atoms with Crippen LogP contribution in [0.5, 0.6) is 0 Å². The SMILES string of the molecule is CCC(N)Cc1cc(C)ccc1N1CCC(C)(C)C1. The van der Waals surface area contributed by atoms with Gasteiger partial charge in [-0.25, -0.2) is 0 Å². The number of benzene rings is 1. The third kappa shape index (κ3) is 3.50. The van der Waals surface area contributed by atoms with Crippen LogP contribution in [0.15, 0.2) is 18.2 Å². The van der Waals surface area contributed by atoms with Crippen molar-refractivity contribution in [2.75, 3.05) is 18.0 Å². The fourth-order valence-electron chi connectivity index (χ4n) is 2.93. The van der Waals surface area contributed by atoms with Gasteiger partial charge < -0.3 is 10.6 Å². The lowest BCUT2D eigenvalue weighted by Crippen LogP contribution is -2.26. The minimum atomic E-state index is 0.274. The molecule has 19 heavy (non-hydrogen) atoms. The monoisotopic (exact) mass is 260 g/mol. The van der Waals surface area contributed by atoms with Gasteiger partial charge in [-0.15, -0.1) is 0 Å². The molecule has 2 N–H and O–H groups in total. The lowest BCUT2D eigenvalue weighted by molar-refractivity contribution is 0.418. The Bertz CT molecular complexity index is 437. The molecule has 2 heteroatoms. The molecule has 1 unspecified atom stereocenters. The van der Waals surface area contributed by atoms with E-state index < -0.39 is 0 Å². The molecule has 1 aromatic rings. The predicted octanol–water partition coefficient (Wildman–Crippen LogP) is 3.51. The van der Waals surface area contributed by atoms with Gasteiger partial charge in [0.15, 0.2) is 0 Å². The third-order valence-electron chi connectivity index (χ3n) is 4.26. The van der Waals surface area contributed by atoms with Crippen molar-refractivity contribution in [1.82, 2.24) is 0 Å². The minimum Gasteiger partial charge on any atom is -0.371 e. The zero-order chi connectivity index (χ0) is 14.0. The van der Waals surface area contributed by atoms with Crippen LogP contribution in [0.4, 0.5) is 5.69 Å². The lowest BCUT2D eigenvalue weighted by atomic mass is 9.93. The predicted molar refractivity (Wildman–Crippen MR) is 83.8 cm³/mol. The van der Waals surface area contributed by atoms with Crippen molar-refractivity contribution in [2.45, 2.75) is 53.0 Å². The van der Waals surface area contributed by atoms with Crippen LogP contribution in [0, 0.1) is 12.3 Å². The molecule has 0 amide bonds. The molecule has 0 aliphatic carbocycles. The molecule has 0 aromatic heterocycles. The van der Waals surface area contributed by atoms with Gasteiger partial charge in [-0.05, 0) is 43.2 Å². The number of rotatable bonds is 4. The second-order valence-corrected chi connectivity index (χ2v) is 6.84. The van der Waals surface area contributed by atoms with Crippen molar-refractivity contribution in [1.29, 1.82) is 0 Å². The first-order valence-electron chi connectivity index (χ1n) is 7.51. The van der Waals surface area contributed by atoms with Crippen molar-refractivity contribution >= 4 is 5.69 Å². The van der Waals surface area contributed by atoms with Gasteiger partial charge in [-0.2, -0.15) is 0 Å². The zero-order valence-corrected chi connectivity index (χ0v) is 12.9. The van der Waals surface area contributed by atoms with Crippen LogP contribution in [-0.4, -0.2) is 19.1 Å². The van der Waals surface area contributed by atoms with Crippen molar-refractivity contribution in [3.63, 3.8) is 0 Å². The number of nitrogens with zero attached hydrogens (tertiary/aromatic N) is 1. The second-order valence-electron chi connectivity index (χ2n) is 6.84. The Morgan fingerprint density at radius 1 is 1.37 bits per heavy atom. The summed E-state index contributed by atoms with van der Waals surface area (Å²) >= 11 is 0. The van der Waals surface area contributed by atoms with Crippen LogP contribution in [0.2, 0.25) is 0 Å². The van der Waals surface area contributed by atoms with Crippen molar-refractivity contribution in [2.24, 2.45) is 11.1 Å². The van der Waals surface area contributed by atoms with Crippen LogP contribution in [0.3, 0.4) is 0 Å². The van der Waals surface area contributed by atoms with Crippen LogP contribution >= 0.6 is 0 Å². The summed E-state index contributed by atoms with van der Waals surface area (Å²) in [5.74, 6) is 0. The van der Waals surface area contributed by atoms with Crippen molar-refractivity contribution in [3.05, 3.63) is 29.3 Å². The summed E-state index contributed by atoms with van der Waals surface area (Å²) in [5.41, 5.74) is 10.8. The number of hydrogen-bond donors (Lipinski definition) is 1. The van der Waals surface area contributed by atoms with Crippen LogP contribution < -0.4 is 10.6 Å². The van der Waals surface area contributed by atoms with Crippen LogP contribution in [0.1, 0.15) is 44.7 Å². The Morgan fingerprint density at radius 2 is 2.11 bits per heavy atom. The molecule has 0 radical (unpaired) electrons. The molecule has 2 nitrogen and oxygen atoms in total. The minimum absolute atomic E-state index is 0.274. The maximum absolute atomic E-state index is 6.16. The van der Waals surface area contributed by atoms with E-state index in [1.165, 1.54) is 29.8 Å². The highest BCUT2D eigenvalue weighted by molar-refractivity contribution is 5.56. The maximum atomic E-state index is 6.16. The van der Waals surface area contributed by atoms with E-state index in [4.69, 9.17) is 5.73 Å². The van der Waals surface area contributed by atoms with Gasteiger partial charge >= 0.3 is 0 Å². The van der Waals surface area contributed by atoms with E-state index in [0.717, 1.165) is 19.4 Å². The molecule has 0 spiro atoms. The first-order chi connectivity index (χ1) is 8.91. The topological polar surface area (TPSA) is 29.3 Å². The van der Waals surface area contributed by atoms with Gasteiger partial charge in [0.25, 0.3) is 0 Å². The lowest BCUT2D eigenvalue weighted by Gasteiger charge is -2.25. The molecule has 0 bridgehead atoms. The normalized spacial score (nSPS) is 19.7. The molecule has 0 saturated carbocycles. The van der Waals surface area contributed by atoms with Crippen molar-refractivity contribution < 1.29 is 0 Å². The summed E-state index contributed by atoms with van der Waals surface area (Å²) < 4.78 is 0. The molecule has 2 rings (SSSR count). The Hall–Kier alpha value is -1.02. The first-order valence-corrected chi connectivity index (χ1v) is 7.51. The van der Waals surface area contributed by atoms with E-state index in [1.807, 2.05) is 0 Å². The molecule has 1 aliphatic heterocycles.